The monoisotopic (exact) mass is 250 g/mol. The van der Waals surface area contributed by atoms with Crippen molar-refractivity contribution in [2.24, 2.45) is 5.92 Å². The van der Waals surface area contributed by atoms with E-state index in [2.05, 4.69) is 28.8 Å². The molecule has 3 unspecified atom stereocenters. The van der Waals surface area contributed by atoms with Crippen molar-refractivity contribution in [3.8, 4) is 0 Å². The van der Waals surface area contributed by atoms with Crippen molar-refractivity contribution < 1.29 is 5.11 Å². The van der Waals surface area contributed by atoms with Crippen LogP contribution < -0.4 is 0 Å². The Morgan fingerprint density at radius 2 is 2.33 bits per heavy atom. The van der Waals surface area contributed by atoms with Crippen molar-refractivity contribution >= 4 is 0 Å². The fourth-order valence-corrected chi connectivity index (χ4v) is 3.37. The summed E-state index contributed by atoms with van der Waals surface area (Å²) < 4.78 is 1.93. The van der Waals surface area contributed by atoms with Crippen LogP contribution in [0.15, 0.2) is 6.33 Å². The van der Waals surface area contributed by atoms with Crippen LogP contribution in [-0.2, 0) is 6.42 Å². The molecule has 2 bridgehead atoms. The molecule has 3 heterocycles. The molecule has 3 rings (SSSR count). The molecule has 2 aliphatic rings. The third-order valence-corrected chi connectivity index (χ3v) is 4.49. The lowest BCUT2D eigenvalue weighted by atomic mass is 9.79. The average molecular weight is 250 g/mol. The molecule has 0 aromatic carbocycles. The zero-order valence-electron chi connectivity index (χ0n) is 11.2. The van der Waals surface area contributed by atoms with Crippen LogP contribution in [0.25, 0.3) is 0 Å². The number of aliphatic hydroxyl groups is 1. The van der Waals surface area contributed by atoms with Crippen molar-refractivity contribution in [3.05, 3.63) is 12.2 Å². The highest BCUT2D eigenvalue weighted by atomic mass is 16.3. The Balaban J connectivity index is 1.80. The molecule has 0 saturated carbocycles. The van der Waals surface area contributed by atoms with E-state index in [9.17, 15) is 5.11 Å². The van der Waals surface area contributed by atoms with Gasteiger partial charge in [-0.1, -0.05) is 0 Å². The van der Waals surface area contributed by atoms with Gasteiger partial charge in [-0.15, -0.1) is 0 Å². The van der Waals surface area contributed by atoms with Crippen LogP contribution in [0.1, 0.15) is 38.6 Å². The Kier molecular flexibility index (Phi) is 2.90. The molecule has 5 nitrogen and oxygen atoms in total. The molecule has 2 aliphatic heterocycles. The highest BCUT2D eigenvalue weighted by molar-refractivity contribution is 5.04. The molecule has 3 atom stereocenters. The lowest BCUT2D eigenvalue weighted by Crippen LogP contribution is -2.48. The molecule has 0 spiro atoms. The molecule has 2 saturated heterocycles. The van der Waals surface area contributed by atoms with Crippen molar-refractivity contribution in [2.45, 2.75) is 44.8 Å². The number of hydrogen-bond acceptors (Lipinski definition) is 4. The van der Waals surface area contributed by atoms with Crippen LogP contribution >= 0.6 is 0 Å². The summed E-state index contributed by atoms with van der Waals surface area (Å²) in [5.74, 6) is 1.33. The maximum atomic E-state index is 10.9. The fraction of sp³-hybridized carbons (Fsp3) is 0.846. The lowest BCUT2D eigenvalue weighted by Gasteiger charge is -2.38. The van der Waals surface area contributed by atoms with Crippen LogP contribution in [0.2, 0.25) is 0 Å². The van der Waals surface area contributed by atoms with Crippen molar-refractivity contribution in [3.63, 3.8) is 0 Å². The first-order valence-corrected chi connectivity index (χ1v) is 6.91. The molecule has 2 fully saturated rings. The van der Waals surface area contributed by atoms with E-state index in [0.717, 1.165) is 38.3 Å². The Hall–Kier alpha value is -0.940. The maximum absolute atomic E-state index is 10.9. The van der Waals surface area contributed by atoms with E-state index in [0.29, 0.717) is 18.4 Å². The SMILES string of the molecule is CC(C)n1ncnc1CC1(O)CCN2CCC1C2. The molecular formula is C13H22N4O. The van der Waals surface area contributed by atoms with Crippen LogP contribution in [0.3, 0.4) is 0 Å². The van der Waals surface area contributed by atoms with Crippen molar-refractivity contribution in [2.75, 3.05) is 19.6 Å². The standard InChI is InChI=1S/C13H22N4O/c1-10(2)17-12(14-9-15-17)7-13(18)4-6-16-5-3-11(13)8-16/h9-11,18H,3-8H2,1-2H3. The maximum Gasteiger partial charge on any atom is 0.138 e. The number of rotatable bonds is 3. The lowest BCUT2D eigenvalue weighted by molar-refractivity contribution is -0.0461. The largest absolute Gasteiger partial charge is 0.389 e. The minimum Gasteiger partial charge on any atom is -0.389 e. The molecule has 1 aromatic rings. The van der Waals surface area contributed by atoms with E-state index >= 15 is 0 Å². The summed E-state index contributed by atoms with van der Waals surface area (Å²) in [6, 6.07) is 0.301. The number of piperidine rings is 1. The summed E-state index contributed by atoms with van der Waals surface area (Å²) in [6.45, 7) is 7.40. The second kappa shape index (κ2) is 4.31. The van der Waals surface area contributed by atoms with Gasteiger partial charge in [0, 0.05) is 31.5 Å². The first-order chi connectivity index (χ1) is 8.58. The second-order valence-corrected chi connectivity index (χ2v) is 6.03. The Bertz CT molecular complexity index is 430. The zero-order chi connectivity index (χ0) is 12.8. The topological polar surface area (TPSA) is 54.2 Å². The van der Waals surface area contributed by atoms with Gasteiger partial charge in [-0.2, -0.15) is 5.10 Å². The van der Waals surface area contributed by atoms with Gasteiger partial charge in [0.15, 0.2) is 0 Å². The van der Waals surface area contributed by atoms with E-state index in [1.165, 1.54) is 0 Å². The quantitative estimate of drug-likeness (QED) is 0.864. The molecule has 0 aliphatic carbocycles. The first kappa shape index (κ1) is 12.1. The fourth-order valence-electron chi connectivity index (χ4n) is 3.37. The van der Waals surface area contributed by atoms with E-state index in [1.54, 1.807) is 6.33 Å². The number of hydrogen-bond donors (Lipinski definition) is 1. The number of aromatic nitrogens is 3. The first-order valence-electron chi connectivity index (χ1n) is 6.91. The summed E-state index contributed by atoms with van der Waals surface area (Å²) in [4.78, 5) is 6.79. The molecule has 5 heteroatoms. The highest BCUT2D eigenvalue weighted by Crippen LogP contribution is 2.37. The molecule has 18 heavy (non-hydrogen) atoms. The second-order valence-electron chi connectivity index (χ2n) is 6.03. The van der Waals surface area contributed by atoms with Gasteiger partial charge in [0.25, 0.3) is 0 Å². The van der Waals surface area contributed by atoms with E-state index < -0.39 is 5.60 Å². The van der Waals surface area contributed by atoms with E-state index in [1.807, 2.05) is 4.68 Å². The van der Waals surface area contributed by atoms with Crippen LogP contribution in [-0.4, -0.2) is 50.0 Å². The van der Waals surface area contributed by atoms with Gasteiger partial charge in [0.2, 0.25) is 0 Å². The Morgan fingerprint density at radius 1 is 1.50 bits per heavy atom. The summed E-state index contributed by atoms with van der Waals surface area (Å²) >= 11 is 0. The van der Waals surface area contributed by atoms with Gasteiger partial charge < -0.3 is 10.0 Å². The van der Waals surface area contributed by atoms with Crippen LogP contribution in [0.4, 0.5) is 0 Å². The molecule has 1 N–H and O–H groups in total. The third kappa shape index (κ3) is 1.95. The molecule has 0 radical (unpaired) electrons. The minimum absolute atomic E-state index is 0.301. The smallest absolute Gasteiger partial charge is 0.138 e. The Labute approximate surface area is 108 Å². The van der Waals surface area contributed by atoms with Gasteiger partial charge in [0.1, 0.15) is 12.2 Å². The van der Waals surface area contributed by atoms with E-state index in [4.69, 9.17) is 0 Å². The zero-order valence-corrected chi connectivity index (χ0v) is 11.2. The van der Waals surface area contributed by atoms with Gasteiger partial charge in [-0.05, 0) is 33.2 Å². The number of nitrogens with zero attached hydrogens (tertiary/aromatic N) is 4. The molecule has 0 amide bonds. The normalized spacial score (nSPS) is 35.3. The third-order valence-electron chi connectivity index (χ3n) is 4.49. The molecule has 1 aromatic heterocycles. The van der Waals surface area contributed by atoms with Gasteiger partial charge >= 0.3 is 0 Å². The minimum atomic E-state index is -0.577. The van der Waals surface area contributed by atoms with Gasteiger partial charge in [-0.3, -0.25) is 0 Å². The van der Waals surface area contributed by atoms with Crippen LogP contribution in [0, 0.1) is 5.92 Å². The predicted octanol–water partition coefficient (Wildman–Crippen LogP) is 0.858. The van der Waals surface area contributed by atoms with Crippen molar-refractivity contribution in [1.82, 2.24) is 19.7 Å². The van der Waals surface area contributed by atoms with E-state index in [-0.39, 0.29) is 0 Å². The molecule has 100 valence electrons. The number of fused-ring (bicyclic) bond motifs is 2. The summed E-state index contributed by atoms with van der Waals surface area (Å²) in [7, 11) is 0. The summed E-state index contributed by atoms with van der Waals surface area (Å²) in [5, 5.41) is 15.2. The summed E-state index contributed by atoms with van der Waals surface area (Å²) in [5.41, 5.74) is -0.577. The summed E-state index contributed by atoms with van der Waals surface area (Å²) in [6.07, 6.45) is 4.22. The van der Waals surface area contributed by atoms with Gasteiger partial charge in [-0.25, -0.2) is 9.67 Å². The molecular weight excluding hydrogens is 228 g/mol. The van der Waals surface area contributed by atoms with Crippen LogP contribution in [0.5, 0.6) is 0 Å². The highest BCUT2D eigenvalue weighted by Gasteiger charge is 2.45. The Morgan fingerprint density at radius 3 is 3.11 bits per heavy atom. The van der Waals surface area contributed by atoms with Crippen molar-refractivity contribution in [1.29, 1.82) is 0 Å². The predicted molar refractivity (Wildman–Crippen MR) is 68.2 cm³/mol. The average Bonchev–Trinajstić information content (AvgIpc) is 2.92. The van der Waals surface area contributed by atoms with Gasteiger partial charge in [0.05, 0.1) is 5.60 Å².